The minimum atomic E-state index is -1.25. The Hall–Kier alpha value is -6.17. The number of fused-ring (bicyclic) bond motifs is 2. The van der Waals surface area contributed by atoms with E-state index in [4.69, 9.17) is 14.8 Å². The summed E-state index contributed by atoms with van der Waals surface area (Å²) in [6, 6.07) is 36.3. The fourth-order valence-electron chi connectivity index (χ4n) is 5.30. The maximum absolute atomic E-state index is 11.6. The number of carbonyl (C=O) groups is 1. The maximum atomic E-state index is 11.6. The van der Waals surface area contributed by atoms with Gasteiger partial charge in [-0.25, -0.2) is 9.78 Å². The number of rotatable bonds is 6. The first-order valence-corrected chi connectivity index (χ1v) is 14.0. The van der Waals surface area contributed by atoms with Gasteiger partial charge in [0.2, 0.25) is 0 Å². The smallest absolute Gasteiger partial charge is 0.354 e. The molecule has 0 spiro atoms. The number of hydrogen-bond donors (Lipinski definition) is 1. The van der Waals surface area contributed by atoms with Crippen LogP contribution in [0.2, 0.25) is 0 Å². The van der Waals surface area contributed by atoms with E-state index in [2.05, 4.69) is 22.1 Å². The van der Waals surface area contributed by atoms with Gasteiger partial charge >= 0.3 is 5.97 Å². The molecule has 1 radical (unpaired) electrons. The molecule has 12 nitrogen and oxygen atoms in total. The quantitative estimate of drug-likeness (QED) is 0.107. The van der Waals surface area contributed by atoms with E-state index in [-0.39, 0.29) is 48.7 Å². The Morgan fingerprint density at radius 3 is 2.10 bits per heavy atom. The molecule has 0 unspecified atom stereocenters. The van der Waals surface area contributed by atoms with Crippen LogP contribution >= 0.6 is 0 Å². The van der Waals surface area contributed by atoms with Gasteiger partial charge in [-0.3, -0.25) is 30.2 Å². The van der Waals surface area contributed by atoms with Crippen molar-refractivity contribution in [3.8, 4) is 22.8 Å². The van der Waals surface area contributed by atoms with Crippen LogP contribution in [-0.4, -0.2) is 35.9 Å². The molecule has 0 saturated heterocycles. The van der Waals surface area contributed by atoms with Crippen LogP contribution < -0.4 is 4.74 Å². The Morgan fingerprint density at radius 2 is 1.48 bits per heavy atom. The third-order valence-corrected chi connectivity index (χ3v) is 7.33. The van der Waals surface area contributed by atoms with Crippen LogP contribution in [0.15, 0.2) is 122 Å². The van der Waals surface area contributed by atoms with E-state index in [1.165, 1.54) is 36.5 Å². The van der Waals surface area contributed by atoms with Gasteiger partial charge in [0.15, 0.2) is 5.69 Å². The van der Waals surface area contributed by atoms with Crippen LogP contribution in [0.25, 0.3) is 11.3 Å². The largest absolute Gasteiger partial charge is 0.516 e. The zero-order chi connectivity index (χ0) is 33.0. The molecule has 1 N–H and O–H groups in total. The number of benzene rings is 3. The third-order valence-electron chi connectivity index (χ3n) is 7.33. The Labute approximate surface area is 286 Å². The van der Waals surface area contributed by atoms with Crippen molar-refractivity contribution in [2.75, 3.05) is 0 Å². The average Bonchev–Trinajstić information content (AvgIpc) is 3.11. The summed E-state index contributed by atoms with van der Waals surface area (Å²) in [6.07, 6.45) is 3.08. The van der Waals surface area contributed by atoms with Crippen molar-refractivity contribution < 1.29 is 44.6 Å². The van der Waals surface area contributed by atoms with Gasteiger partial charge < -0.3 is 9.84 Å². The molecular formula is C35H21IrN5O7-2. The molecule has 6 aromatic rings. The molecule has 13 heteroatoms. The molecule has 1 atom stereocenters. The molecule has 0 aliphatic carbocycles. The number of carboxylic acid groups (broad SMARTS) is 1. The van der Waals surface area contributed by atoms with Crippen LogP contribution in [0.4, 0.5) is 11.4 Å². The van der Waals surface area contributed by atoms with Crippen LogP contribution in [0.5, 0.6) is 11.5 Å². The number of aromatic carboxylic acids is 1. The summed E-state index contributed by atoms with van der Waals surface area (Å²) in [6.45, 7) is 0. The average molecular weight is 816 g/mol. The second kappa shape index (κ2) is 14.1. The molecule has 3 aromatic carbocycles. The summed E-state index contributed by atoms with van der Waals surface area (Å²) in [5.41, 5.74) is 1.92. The van der Waals surface area contributed by atoms with E-state index in [1.54, 1.807) is 36.5 Å². The standard InChI is InChI=1S/C29H16N4O5.C6H5NO2.Ir/c34-32(35)20-12-14-22-25(17-20)38-26-18-21(33(36)37)13-15-23(26)29(22,27-10-4-5-16-30-27)28-11-6-9-24(31-28)19-7-2-1-3-8-19;8-6(9)5-3-1-2-4-7-5;/h1-7,9-14,16-18H;1-4H,(H,8,9);/q-2;;/t29-;;/m0../s1. The third kappa shape index (κ3) is 6.27. The number of carboxylic acids is 1. The summed E-state index contributed by atoms with van der Waals surface area (Å²) >= 11 is 0. The Kier molecular flexibility index (Phi) is 9.74. The fraction of sp³-hybridized carbons (Fsp3) is 0.0286. The van der Waals surface area contributed by atoms with Crippen LogP contribution in [0, 0.1) is 32.4 Å². The van der Waals surface area contributed by atoms with Crippen LogP contribution in [-0.2, 0) is 25.5 Å². The minimum Gasteiger partial charge on any atom is -0.516 e. The van der Waals surface area contributed by atoms with Crippen molar-refractivity contribution in [1.29, 1.82) is 0 Å². The minimum absolute atomic E-state index is 0. The number of nitro benzene ring substituents is 2. The maximum Gasteiger partial charge on any atom is 0.354 e. The molecule has 4 heterocycles. The van der Waals surface area contributed by atoms with Gasteiger partial charge in [-0.2, -0.15) is 6.07 Å². The molecular weight excluding hydrogens is 795 g/mol. The van der Waals surface area contributed by atoms with Gasteiger partial charge in [-0.05, 0) is 42.1 Å². The molecule has 0 saturated carbocycles. The SMILES string of the molecule is O=C(O)c1ccccn1.O=[N+]([O-])c1c[c-]c2c(c1)Oc1cc([N+](=O)[O-])ccc1[C@]2(c1ccccn1)c1cccc(-c2[c-]cccc2)n1.[Ir]. The first-order chi connectivity index (χ1) is 22.8. The van der Waals surface area contributed by atoms with E-state index >= 15 is 0 Å². The summed E-state index contributed by atoms with van der Waals surface area (Å²) in [7, 11) is 0. The molecule has 48 heavy (non-hydrogen) atoms. The second-order valence-corrected chi connectivity index (χ2v) is 10.1. The Balaban J connectivity index is 0.000000393. The molecule has 239 valence electrons. The van der Waals surface area contributed by atoms with Gasteiger partial charge in [0.05, 0.1) is 22.1 Å². The topological polar surface area (TPSA) is 171 Å². The molecule has 1 aliphatic heterocycles. The summed E-state index contributed by atoms with van der Waals surface area (Å²) < 4.78 is 6.07. The zero-order valence-electron chi connectivity index (χ0n) is 24.5. The first kappa shape index (κ1) is 33.2. The van der Waals surface area contributed by atoms with Crippen LogP contribution in [0.1, 0.15) is 33.0 Å². The molecule has 0 bridgehead atoms. The van der Waals surface area contributed by atoms with Gasteiger partial charge in [-0.1, -0.05) is 42.0 Å². The monoisotopic (exact) mass is 816 g/mol. The van der Waals surface area contributed by atoms with Crippen molar-refractivity contribution in [3.05, 3.63) is 182 Å². The molecule has 0 fully saturated rings. The van der Waals surface area contributed by atoms with Gasteiger partial charge in [-0.15, -0.1) is 35.9 Å². The van der Waals surface area contributed by atoms with E-state index in [1.807, 2.05) is 48.5 Å². The van der Waals surface area contributed by atoms with Crippen molar-refractivity contribution in [1.82, 2.24) is 15.0 Å². The fourth-order valence-corrected chi connectivity index (χ4v) is 5.30. The van der Waals surface area contributed by atoms with Gasteiger partial charge in [0.1, 0.15) is 11.4 Å². The number of nitrogens with zero attached hydrogens (tertiary/aromatic N) is 5. The molecule has 7 rings (SSSR count). The molecule has 3 aromatic heterocycles. The first-order valence-electron chi connectivity index (χ1n) is 14.0. The number of nitro groups is 2. The molecule has 0 amide bonds. The van der Waals surface area contributed by atoms with E-state index < -0.39 is 21.2 Å². The van der Waals surface area contributed by atoms with Crippen LogP contribution in [0.3, 0.4) is 0 Å². The zero-order valence-corrected chi connectivity index (χ0v) is 26.9. The summed E-state index contributed by atoms with van der Waals surface area (Å²) in [4.78, 5) is 45.5. The van der Waals surface area contributed by atoms with Gasteiger partial charge in [0.25, 0.3) is 5.69 Å². The Morgan fingerprint density at radius 1 is 0.771 bits per heavy atom. The van der Waals surface area contributed by atoms with E-state index in [0.717, 1.165) is 5.56 Å². The summed E-state index contributed by atoms with van der Waals surface area (Å²) in [5, 5.41) is 31.5. The van der Waals surface area contributed by atoms with E-state index in [0.29, 0.717) is 28.2 Å². The Bertz CT molecular complexity index is 2050. The van der Waals surface area contributed by atoms with Crippen molar-refractivity contribution in [3.63, 3.8) is 0 Å². The second-order valence-electron chi connectivity index (χ2n) is 10.1. The van der Waals surface area contributed by atoms with Crippen molar-refractivity contribution in [2.24, 2.45) is 0 Å². The summed E-state index contributed by atoms with van der Waals surface area (Å²) in [5.74, 6) is -0.684. The number of aromatic nitrogens is 3. The number of non-ortho nitro benzene ring substituents is 2. The number of ether oxygens (including phenoxy) is 1. The normalized spacial score (nSPS) is 14.0. The van der Waals surface area contributed by atoms with E-state index in [9.17, 15) is 25.0 Å². The number of hydrogen-bond acceptors (Lipinski definition) is 9. The van der Waals surface area contributed by atoms with Crippen molar-refractivity contribution in [2.45, 2.75) is 5.41 Å². The predicted molar refractivity (Wildman–Crippen MR) is 168 cm³/mol. The predicted octanol–water partition coefficient (Wildman–Crippen LogP) is 6.83. The van der Waals surface area contributed by atoms with Gasteiger partial charge in [0, 0.05) is 60.5 Å². The van der Waals surface area contributed by atoms with Crippen molar-refractivity contribution >= 4 is 17.3 Å². The molecule has 1 aliphatic rings. The number of pyridine rings is 3.